The maximum atomic E-state index is 3.72. The van der Waals surface area contributed by atoms with E-state index in [2.05, 4.69) is 31.0 Å². The fourth-order valence-electron chi connectivity index (χ4n) is 3.26. The predicted molar refractivity (Wildman–Crippen MR) is 69.7 cm³/mol. The molecule has 1 aliphatic carbocycles. The Balaban J connectivity index is 2.00. The second-order valence-electron chi connectivity index (χ2n) is 6.11. The van der Waals surface area contributed by atoms with Crippen molar-refractivity contribution in [1.82, 2.24) is 10.2 Å². The third kappa shape index (κ3) is 2.60. The van der Waals surface area contributed by atoms with Gasteiger partial charge in [-0.1, -0.05) is 26.2 Å². The van der Waals surface area contributed by atoms with Gasteiger partial charge in [0.1, 0.15) is 0 Å². The highest BCUT2D eigenvalue weighted by atomic mass is 15.3. The SMILES string of the molecule is CCC1(C)CN(C2CCCCC2)C(C)CN1. The zero-order valence-corrected chi connectivity index (χ0v) is 11.3. The maximum Gasteiger partial charge on any atom is 0.0278 e. The summed E-state index contributed by atoms with van der Waals surface area (Å²) in [4.78, 5) is 2.79. The number of nitrogens with one attached hydrogen (secondary N) is 1. The molecule has 0 radical (unpaired) electrons. The van der Waals surface area contributed by atoms with Gasteiger partial charge in [-0.25, -0.2) is 0 Å². The lowest BCUT2D eigenvalue weighted by Crippen LogP contribution is -2.64. The highest BCUT2D eigenvalue weighted by Gasteiger charge is 2.36. The lowest BCUT2D eigenvalue weighted by molar-refractivity contribution is 0.0384. The van der Waals surface area contributed by atoms with Gasteiger partial charge in [-0.05, 0) is 33.1 Å². The van der Waals surface area contributed by atoms with Crippen LogP contribution in [-0.2, 0) is 0 Å². The molecule has 2 unspecified atom stereocenters. The Morgan fingerprint density at radius 1 is 1.25 bits per heavy atom. The van der Waals surface area contributed by atoms with Crippen molar-refractivity contribution in [3.63, 3.8) is 0 Å². The summed E-state index contributed by atoms with van der Waals surface area (Å²) in [5.74, 6) is 0. The number of nitrogens with zero attached hydrogens (tertiary/aromatic N) is 1. The summed E-state index contributed by atoms with van der Waals surface area (Å²) in [6.07, 6.45) is 8.47. The molecule has 1 saturated carbocycles. The third-order valence-corrected chi connectivity index (χ3v) is 4.75. The normalized spacial score (nSPS) is 38.8. The smallest absolute Gasteiger partial charge is 0.0278 e. The second-order valence-corrected chi connectivity index (χ2v) is 6.11. The van der Waals surface area contributed by atoms with E-state index < -0.39 is 0 Å². The molecule has 2 nitrogen and oxygen atoms in total. The van der Waals surface area contributed by atoms with E-state index in [1.54, 1.807) is 0 Å². The van der Waals surface area contributed by atoms with Crippen LogP contribution in [0.1, 0.15) is 59.3 Å². The van der Waals surface area contributed by atoms with Gasteiger partial charge in [0.05, 0.1) is 0 Å². The molecule has 0 spiro atoms. The minimum atomic E-state index is 0.351. The third-order valence-electron chi connectivity index (χ3n) is 4.75. The minimum absolute atomic E-state index is 0.351. The fraction of sp³-hybridized carbons (Fsp3) is 1.00. The van der Waals surface area contributed by atoms with Gasteiger partial charge >= 0.3 is 0 Å². The Kier molecular flexibility index (Phi) is 3.91. The second kappa shape index (κ2) is 5.05. The molecule has 1 heterocycles. The van der Waals surface area contributed by atoms with Crippen molar-refractivity contribution in [3.05, 3.63) is 0 Å². The summed E-state index contributed by atoms with van der Waals surface area (Å²) in [5.41, 5.74) is 0.351. The highest BCUT2D eigenvalue weighted by molar-refractivity contribution is 4.95. The van der Waals surface area contributed by atoms with Crippen molar-refractivity contribution in [1.29, 1.82) is 0 Å². The lowest BCUT2D eigenvalue weighted by Gasteiger charge is -2.49. The van der Waals surface area contributed by atoms with Crippen molar-refractivity contribution in [2.75, 3.05) is 13.1 Å². The molecule has 2 rings (SSSR count). The molecule has 1 saturated heterocycles. The van der Waals surface area contributed by atoms with Crippen LogP contribution in [0.5, 0.6) is 0 Å². The van der Waals surface area contributed by atoms with E-state index in [9.17, 15) is 0 Å². The summed E-state index contributed by atoms with van der Waals surface area (Å²) in [5, 5.41) is 3.72. The first kappa shape index (κ1) is 12.4. The summed E-state index contributed by atoms with van der Waals surface area (Å²) in [7, 11) is 0. The summed E-state index contributed by atoms with van der Waals surface area (Å²) in [6, 6.07) is 1.60. The van der Waals surface area contributed by atoms with Crippen LogP contribution in [0.4, 0.5) is 0 Å². The van der Waals surface area contributed by atoms with Crippen LogP contribution in [0.3, 0.4) is 0 Å². The molecule has 0 aromatic carbocycles. The molecule has 94 valence electrons. The Labute approximate surface area is 101 Å². The van der Waals surface area contributed by atoms with Crippen LogP contribution < -0.4 is 5.32 Å². The Morgan fingerprint density at radius 3 is 2.56 bits per heavy atom. The highest BCUT2D eigenvalue weighted by Crippen LogP contribution is 2.28. The lowest BCUT2D eigenvalue weighted by atomic mass is 9.88. The molecule has 2 fully saturated rings. The van der Waals surface area contributed by atoms with E-state index in [0.29, 0.717) is 5.54 Å². The van der Waals surface area contributed by atoms with Crippen LogP contribution in [0.25, 0.3) is 0 Å². The zero-order chi connectivity index (χ0) is 11.6. The van der Waals surface area contributed by atoms with E-state index in [1.807, 2.05) is 0 Å². The zero-order valence-electron chi connectivity index (χ0n) is 11.3. The maximum absolute atomic E-state index is 3.72. The first-order valence-electron chi connectivity index (χ1n) is 7.15. The van der Waals surface area contributed by atoms with Gasteiger partial charge in [-0.2, -0.15) is 0 Å². The van der Waals surface area contributed by atoms with Gasteiger partial charge in [0.2, 0.25) is 0 Å². The molecule has 0 aromatic heterocycles. The monoisotopic (exact) mass is 224 g/mol. The van der Waals surface area contributed by atoms with Gasteiger partial charge in [-0.15, -0.1) is 0 Å². The van der Waals surface area contributed by atoms with Crippen LogP contribution >= 0.6 is 0 Å². The summed E-state index contributed by atoms with van der Waals surface area (Å²) < 4.78 is 0. The van der Waals surface area contributed by atoms with Gasteiger partial charge in [0.25, 0.3) is 0 Å². The topological polar surface area (TPSA) is 15.3 Å². The van der Waals surface area contributed by atoms with Crippen LogP contribution in [0.15, 0.2) is 0 Å². The predicted octanol–water partition coefficient (Wildman–Crippen LogP) is 2.78. The molecular formula is C14H28N2. The first-order chi connectivity index (χ1) is 7.64. The minimum Gasteiger partial charge on any atom is -0.309 e. The van der Waals surface area contributed by atoms with Crippen molar-refractivity contribution < 1.29 is 0 Å². The quantitative estimate of drug-likeness (QED) is 0.776. The van der Waals surface area contributed by atoms with Crippen LogP contribution in [-0.4, -0.2) is 35.6 Å². The molecule has 2 heteroatoms. The van der Waals surface area contributed by atoms with Gasteiger partial charge in [0.15, 0.2) is 0 Å². The van der Waals surface area contributed by atoms with E-state index >= 15 is 0 Å². The average Bonchev–Trinajstić information content (AvgIpc) is 2.34. The number of piperazine rings is 1. The Morgan fingerprint density at radius 2 is 1.94 bits per heavy atom. The van der Waals surface area contributed by atoms with Crippen molar-refractivity contribution >= 4 is 0 Å². The summed E-state index contributed by atoms with van der Waals surface area (Å²) >= 11 is 0. The molecule has 2 atom stereocenters. The van der Waals surface area contributed by atoms with Crippen LogP contribution in [0.2, 0.25) is 0 Å². The van der Waals surface area contributed by atoms with E-state index in [1.165, 1.54) is 51.6 Å². The van der Waals surface area contributed by atoms with E-state index in [-0.39, 0.29) is 0 Å². The van der Waals surface area contributed by atoms with E-state index in [4.69, 9.17) is 0 Å². The van der Waals surface area contributed by atoms with Crippen molar-refractivity contribution in [2.24, 2.45) is 0 Å². The molecule has 0 amide bonds. The number of hydrogen-bond acceptors (Lipinski definition) is 2. The largest absolute Gasteiger partial charge is 0.309 e. The average molecular weight is 224 g/mol. The van der Waals surface area contributed by atoms with Gasteiger partial charge in [-0.3, -0.25) is 4.90 Å². The van der Waals surface area contributed by atoms with Crippen LogP contribution in [0, 0.1) is 0 Å². The molecule has 16 heavy (non-hydrogen) atoms. The van der Waals surface area contributed by atoms with Crippen molar-refractivity contribution in [2.45, 2.75) is 76.9 Å². The molecular weight excluding hydrogens is 196 g/mol. The standard InChI is InChI=1S/C14H28N2/c1-4-14(3)11-16(12(2)10-15-14)13-8-6-5-7-9-13/h12-13,15H,4-11H2,1-3H3. The number of hydrogen-bond donors (Lipinski definition) is 1. The fourth-order valence-corrected chi connectivity index (χ4v) is 3.26. The van der Waals surface area contributed by atoms with Gasteiger partial charge < -0.3 is 5.32 Å². The van der Waals surface area contributed by atoms with Crippen molar-refractivity contribution in [3.8, 4) is 0 Å². The Bertz CT molecular complexity index is 223. The van der Waals surface area contributed by atoms with Gasteiger partial charge in [0, 0.05) is 30.7 Å². The van der Waals surface area contributed by atoms with E-state index in [0.717, 1.165) is 12.1 Å². The molecule has 0 aromatic rings. The molecule has 2 aliphatic rings. The summed E-state index contributed by atoms with van der Waals surface area (Å²) in [6.45, 7) is 9.49. The number of rotatable bonds is 2. The Hall–Kier alpha value is -0.0800. The molecule has 0 bridgehead atoms. The molecule has 1 N–H and O–H groups in total. The molecule has 1 aliphatic heterocycles. The first-order valence-corrected chi connectivity index (χ1v) is 7.15.